The topological polar surface area (TPSA) is 50.2 Å². The zero-order chi connectivity index (χ0) is 12.4. The Morgan fingerprint density at radius 1 is 1.47 bits per heavy atom. The van der Waals surface area contributed by atoms with E-state index in [1.54, 1.807) is 4.68 Å². The van der Waals surface area contributed by atoms with Crippen LogP contribution < -0.4 is 5.32 Å². The molecule has 0 radical (unpaired) electrons. The predicted molar refractivity (Wildman–Crippen MR) is 66.4 cm³/mol. The van der Waals surface area contributed by atoms with Crippen molar-refractivity contribution in [3.8, 4) is 0 Å². The summed E-state index contributed by atoms with van der Waals surface area (Å²) in [7, 11) is 0. The Morgan fingerprint density at radius 3 is 2.65 bits per heavy atom. The fourth-order valence-electron chi connectivity index (χ4n) is 2.03. The fraction of sp³-hybridized carbons (Fsp3) is 0.636. The molecule has 94 valence electrons. The lowest BCUT2D eigenvalue weighted by molar-refractivity contribution is 0.0735. The summed E-state index contributed by atoms with van der Waals surface area (Å²) in [6.07, 6.45) is 0. The highest BCUT2D eigenvalue weighted by Gasteiger charge is 2.25. The molecule has 0 aromatic carbocycles. The Morgan fingerprint density at radius 2 is 2.12 bits per heavy atom. The minimum atomic E-state index is -0.00583. The number of hydrogen-bond acceptors (Lipinski definition) is 3. The van der Waals surface area contributed by atoms with Gasteiger partial charge in [-0.1, -0.05) is 11.6 Å². The van der Waals surface area contributed by atoms with Gasteiger partial charge in [-0.05, 0) is 13.8 Å². The quantitative estimate of drug-likeness (QED) is 0.856. The molecule has 0 unspecified atom stereocenters. The largest absolute Gasteiger partial charge is 0.336 e. The van der Waals surface area contributed by atoms with Gasteiger partial charge in [0.2, 0.25) is 0 Å². The summed E-state index contributed by atoms with van der Waals surface area (Å²) in [4.78, 5) is 14.2. The van der Waals surface area contributed by atoms with Crippen molar-refractivity contribution in [3.63, 3.8) is 0 Å². The smallest absolute Gasteiger partial charge is 0.258 e. The number of piperazine rings is 1. The zero-order valence-corrected chi connectivity index (χ0v) is 10.9. The number of hydrogen-bond donors (Lipinski definition) is 1. The molecule has 1 N–H and O–H groups in total. The van der Waals surface area contributed by atoms with Gasteiger partial charge < -0.3 is 10.2 Å². The van der Waals surface area contributed by atoms with Gasteiger partial charge in [-0.3, -0.25) is 9.48 Å². The Labute approximate surface area is 106 Å². The summed E-state index contributed by atoms with van der Waals surface area (Å²) in [5, 5.41) is 7.94. The number of carbonyl (C=O) groups excluding carboxylic acids is 1. The molecule has 0 atom stereocenters. The van der Waals surface area contributed by atoms with E-state index < -0.39 is 0 Å². The van der Waals surface area contributed by atoms with E-state index in [1.165, 1.54) is 0 Å². The monoisotopic (exact) mass is 256 g/mol. The fourth-order valence-corrected chi connectivity index (χ4v) is 2.41. The van der Waals surface area contributed by atoms with Crippen LogP contribution in [0.25, 0.3) is 0 Å². The summed E-state index contributed by atoms with van der Waals surface area (Å²) in [5.74, 6) is -0.00583. The Bertz CT molecular complexity index is 423. The van der Waals surface area contributed by atoms with Crippen molar-refractivity contribution in [2.24, 2.45) is 0 Å². The summed E-state index contributed by atoms with van der Waals surface area (Å²) in [6, 6.07) is 0. The van der Waals surface area contributed by atoms with E-state index in [4.69, 9.17) is 11.6 Å². The van der Waals surface area contributed by atoms with Crippen LogP contribution in [0.5, 0.6) is 0 Å². The van der Waals surface area contributed by atoms with Gasteiger partial charge in [-0.15, -0.1) is 0 Å². The minimum absolute atomic E-state index is 0.00583. The molecule has 0 spiro atoms. The van der Waals surface area contributed by atoms with E-state index >= 15 is 0 Å². The lowest BCUT2D eigenvalue weighted by atomic mass is 10.2. The molecule has 0 saturated carbocycles. The number of halogens is 1. The zero-order valence-electron chi connectivity index (χ0n) is 10.2. The molecule has 1 amide bonds. The van der Waals surface area contributed by atoms with E-state index in [-0.39, 0.29) is 5.91 Å². The summed E-state index contributed by atoms with van der Waals surface area (Å²) in [5.41, 5.74) is 1.26. The molecule has 1 aromatic rings. The maximum Gasteiger partial charge on any atom is 0.258 e. The van der Waals surface area contributed by atoms with Gasteiger partial charge >= 0.3 is 0 Å². The molecule has 1 saturated heterocycles. The van der Waals surface area contributed by atoms with Crippen molar-refractivity contribution in [1.82, 2.24) is 20.0 Å². The van der Waals surface area contributed by atoms with Crippen LogP contribution in [0.4, 0.5) is 0 Å². The van der Waals surface area contributed by atoms with Crippen LogP contribution in [0.2, 0.25) is 5.15 Å². The molecule has 6 heteroatoms. The van der Waals surface area contributed by atoms with Gasteiger partial charge in [0.15, 0.2) is 0 Å². The van der Waals surface area contributed by atoms with Gasteiger partial charge in [-0.2, -0.15) is 5.10 Å². The third kappa shape index (κ3) is 2.30. The Balaban J connectivity index is 2.26. The second-order valence-corrected chi connectivity index (χ2v) is 4.47. The molecule has 2 heterocycles. The molecular formula is C11H17ClN4O. The van der Waals surface area contributed by atoms with Crippen molar-refractivity contribution < 1.29 is 4.79 Å². The highest BCUT2D eigenvalue weighted by molar-refractivity contribution is 6.33. The maximum absolute atomic E-state index is 12.3. The number of aryl methyl sites for hydroxylation is 2. The Kier molecular flexibility index (Phi) is 3.69. The molecule has 2 rings (SSSR count). The lowest BCUT2D eigenvalue weighted by Crippen LogP contribution is -2.46. The van der Waals surface area contributed by atoms with Crippen LogP contribution in [0.1, 0.15) is 23.0 Å². The lowest BCUT2D eigenvalue weighted by Gasteiger charge is -2.27. The van der Waals surface area contributed by atoms with E-state index in [2.05, 4.69) is 10.4 Å². The standard InChI is InChI=1S/C11H17ClN4O/c1-3-16-10(12)9(8(2)14-16)11(17)15-6-4-13-5-7-15/h13H,3-7H2,1-2H3. The average Bonchev–Trinajstić information content (AvgIpc) is 2.64. The predicted octanol–water partition coefficient (Wildman–Crippen LogP) is 0.910. The number of nitrogens with zero attached hydrogens (tertiary/aromatic N) is 3. The van der Waals surface area contributed by atoms with E-state index in [1.807, 2.05) is 18.7 Å². The molecule has 5 nitrogen and oxygen atoms in total. The van der Waals surface area contributed by atoms with E-state index in [0.717, 1.165) is 26.2 Å². The minimum Gasteiger partial charge on any atom is -0.336 e. The molecule has 1 fully saturated rings. The Hall–Kier alpha value is -1.07. The number of rotatable bonds is 2. The average molecular weight is 257 g/mol. The highest BCUT2D eigenvalue weighted by Crippen LogP contribution is 2.21. The molecular weight excluding hydrogens is 240 g/mol. The van der Waals surface area contributed by atoms with Gasteiger partial charge in [-0.25, -0.2) is 0 Å². The van der Waals surface area contributed by atoms with Gasteiger partial charge in [0, 0.05) is 32.7 Å². The first-order chi connectivity index (χ1) is 8.15. The van der Waals surface area contributed by atoms with Crippen molar-refractivity contribution >= 4 is 17.5 Å². The van der Waals surface area contributed by atoms with Gasteiger partial charge in [0.05, 0.1) is 11.3 Å². The van der Waals surface area contributed by atoms with Crippen LogP contribution in [-0.4, -0.2) is 46.8 Å². The first-order valence-electron chi connectivity index (χ1n) is 5.88. The van der Waals surface area contributed by atoms with Crippen LogP contribution in [0.3, 0.4) is 0 Å². The summed E-state index contributed by atoms with van der Waals surface area (Å²) in [6.45, 7) is 7.59. The highest BCUT2D eigenvalue weighted by atomic mass is 35.5. The van der Waals surface area contributed by atoms with E-state index in [0.29, 0.717) is 23.0 Å². The van der Waals surface area contributed by atoms with Crippen LogP contribution in [-0.2, 0) is 6.54 Å². The molecule has 17 heavy (non-hydrogen) atoms. The number of aromatic nitrogens is 2. The van der Waals surface area contributed by atoms with E-state index in [9.17, 15) is 4.79 Å². The number of nitrogens with one attached hydrogen (secondary N) is 1. The number of carbonyl (C=O) groups is 1. The van der Waals surface area contributed by atoms with Gasteiger partial charge in [0.1, 0.15) is 5.15 Å². The van der Waals surface area contributed by atoms with Crippen molar-refractivity contribution in [1.29, 1.82) is 0 Å². The third-order valence-corrected chi connectivity index (χ3v) is 3.37. The summed E-state index contributed by atoms with van der Waals surface area (Å²) >= 11 is 6.18. The van der Waals surface area contributed by atoms with Crippen molar-refractivity contribution in [2.75, 3.05) is 26.2 Å². The molecule has 1 aliphatic heterocycles. The van der Waals surface area contributed by atoms with Crippen molar-refractivity contribution in [2.45, 2.75) is 20.4 Å². The maximum atomic E-state index is 12.3. The third-order valence-electron chi connectivity index (χ3n) is 2.98. The van der Waals surface area contributed by atoms with Crippen LogP contribution >= 0.6 is 11.6 Å². The normalized spacial score (nSPS) is 16.3. The van der Waals surface area contributed by atoms with Gasteiger partial charge in [0.25, 0.3) is 5.91 Å². The molecule has 0 bridgehead atoms. The van der Waals surface area contributed by atoms with Crippen LogP contribution in [0, 0.1) is 6.92 Å². The first-order valence-corrected chi connectivity index (χ1v) is 6.25. The summed E-state index contributed by atoms with van der Waals surface area (Å²) < 4.78 is 1.66. The second kappa shape index (κ2) is 5.06. The van der Waals surface area contributed by atoms with Crippen molar-refractivity contribution in [3.05, 3.63) is 16.4 Å². The molecule has 1 aromatic heterocycles. The molecule has 1 aliphatic rings. The van der Waals surface area contributed by atoms with Crippen LogP contribution in [0.15, 0.2) is 0 Å². The number of amides is 1. The first kappa shape index (κ1) is 12.4. The second-order valence-electron chi connectivity index (χ2n) is 4.11. The SMILES string of the molecule is CCn1nc(C)c(C(=O)N2CCNCC2)c1Cl. The molecule has 0 aliphatic carbocycles.